The highest BCUT2D eigenvalue weighted by Gasteiger charge is 2.43. The monoisotopic (exact) mass is 335 g/mol. The third-order valence-electron chi connectivity index (χ3n) is 5.01. The fraction of sp³-hybridized carbons (Fsp3) is 0.300. The maximum atomic E-state index is 12.8. The van der Waals surface area contributed by atoms with Crippen LogP contribution in [0.3, 0.4) is 0 Å². The summed E-state index contributed by atoms with van der Waals surface area (Å²) in [5.41, 5.74) is 1.88. The van der Waals surface area contributed by atoms with Crippen molar-refractivity contribution in [3.63, 3.8) is 0 Å². The van der Waals surface area contributed by atoms with Gasteiger partial charge in [-0.05, 0) is 24.3 Å². The second-order valence-electron chi connectivity index (χ2n) is 6.48. The van der Waals surface area contributed by atoms with E-state index in [1.165, 1.54) is 10.6 Å². The molecule has 5 heteroatoms. The number of anilines is 2. The predicted molar refractivity (Wildman–Crippen MR) is 97.6 cm³/mol. The second-order valence-corrected chi connectivity index (χ2v) is 6.48. The molecule has 2 aliphatic rings. The third-order valence-corrected chi connectivity index (χ3v) is 5.01. The van der Waals surface area contributed by atoms with Crippen LogP contribution in [0, 0.1) is 0 Å². The molecule has 2 amide bonds. The highest BCUT2D eigenvalue weighted by molar-refractivity contribution is 6.22. The molecule has 2 heterocycles. The number of nitrogens with zero attached hydrogens (tertiary/aromatic N) is 3. The van der Waals surface area contributed by atoms with E-state index in [9.17, 15) is 9.59 Å². The molecular formula is C20H21N3O2. The van der Waals surface area contributed by atoms with E-state index in [2.05, 4.69) is 21.9 Å². The van der Waals surface area contributed by atoms with Gasteiger partial charge in [0.05, 0.1) is 18.2 Å². The minimum Gasteiger partial charge on any atom is -0.369 e. The topological polar surface area (TPSA) is 43.9 Å². The number of carbonyl (C=O) groups is 2. The molecule has 0 bridgehead atoms. The molecule has 0 N–H and O–H groups in total. The SMILES string of the molecule is O=C1C[C@@H](N2CCN(c3ccccc3)CC2)C(=O)N1c1ccccc1. The van der Waals surface area contributed by atoms with Crippen molar-refractivity contribution in [1.82, 2.24) is 4.90 Å². The van der Waals surface area contributed by atoms with Crippen molar-refractivity contribution in [2.24, 2.45) is 0 Å². The van der Waals surface area contributed by atoms with Crippen LogP contribution in [0.2, 0.25) is 0 Å². The van der Waals surface area contributed by atoms with Crippen molar-refractivity contribution in [3.8, 4) is 0 Å². The van der Waals surface area contributed by atoms with Gasteiger partial charge in [0.25, 0.3) is 5.91 Å². The smallest absolute Gasteiger partial charge is 0.251 e. The van der Waals surface area contributed by atoms with Crippen LogP contribution in [0.15, 0.2) is 60.7 Å². The van der Waals surface area contributed by atoms with E-state index >= 15 is 0 Å². The highest BCUT2D eigenvalue weighted by atomic mass is 16.2. The number of para-hydroxylation sites is 2. The molecule has 5 nitrogen and oxygen atoms in total. The van der Waals surface area contributed by atoms with Gasteiger partial charge in [-0.15, -0.1) is 0 Å². The summed E-state index contributed by atoms with van der Waals surface area (Å²) in [5.74, 6) is -0.198. The van der Waals surface area contributed by atoms with E-state index in [1.54, 1.807) is 0 Å². The summed E-state index contributed by atoms with van der Waals surface area (Å²) in [6.45, 7) is 3.32. The third kappa shape index (κ3) is 3.03. The van der Waals surface area contributed by atoms with Crippen molar-refractivity contribution >= 4 is 23.2 Å². The average Bonchev–Trinajstić information content (AvgIpc) is 2.97. The first-order valence-corrected chi connectivity index (χ1v) is 8.70. The summed E-state index contributed by atoms with van der Waals surface area (Å²) in [4.78, 5) is 31.0. The number of rotatable bonds is 3. The van der Waals surface area contributed by atoms with Crippen LogP contribution >= 0.6 is 0 Å². The van der Waals surface area contributed by atoms with Gasteiger partial charge in [-0.3, -0.25) is 14.5 Å². The van der Waals surface area contributed by atoms with Crippen molar-refractivity contribution in [1.29, 1.82) is 0 Å². The van der Waals surface area contributed by atoms with Crippen LogP contribution in [0.4, 0.5) is 11.4 Å². The Morgan fingerprint density at radius 2 is 1.28 bits per heavy atom. The number of hydrogen-bond donors (Lipinski definition) is 0. The van der Waals surface area contributed by atoms with E-state index in [1.807, 2.05) is 48.5 Å². The lowest BCUT2D eigenvalue weighted by Gasteiger charge is -2.38. The number of carbonyl (C=O) groups excluding carboxylic acids is 2. The molecule has 0 aliphatic carbocycles. The van der Waals surface area contributed by atoms with E-state index in [0.29, 0.717) is 5.69 Å². The molecule has 128 valence electrons. The second kappa shape index (κ2) is 6.69. The summed E-state index contributed by atoms with van der Waals surface area (Å²) < 4.78 is 0. The van der Waals surface area contributed by atoms with Gasteiger partial charge in [0, 0.05) is 31.9 Å². The van der Waals surface area contributed by atoms with Gasteiger partial charge in [0.15, 0.2) is 0 Å². The quantitative estimate of drug-likeness (QED) is 0.806. The highest BCUT2D eigenvalue weighted by Crippen LogP contribution is 2.26. The van der Waals surface area contributed by atoms with Crippen LogP contribution in [0.1, 0.15) is 6.42 Å². The molecule has 0 unspecified atom stereocenters. The molecule has 0 spiro atoms. The Balaban J connectivity index is 1.44. The lowest BCUT2D eigenvalue weighted by molar-refractivity contribution is -0.123. The largest absolute Gasteiger partial charge is 0.369 e. The summed E-state index contributed by atoms with van der Waals surface area (Å²) in [7, 11) is 0. The number of piperazine rings is 1. The number of imide groups is 1. The van der Waals surface area contributed by atoms with Crippen molar-refractivity contribution in [2.45, 2.75) is 12.5 Å². The summed E-state index contributed by atoms with van der Waals surface area (Å²) >= 11 is 0. The minimum absolute atomic E-state index is 0.0932. The Morgan fingerprint density at radius 1 is 0.720 bits per heavy atom. The van der Waals surface area contributed by atoms with Crippen molar-refractivity contribution in [2.75, 3.05) is 36.0 Å². The molecule has 1 atom stereocenters. The first kappa shape index (κ1) is 15.8. The van der Waals surface area contributed by atoms with Gasteiger partial charge >= 0.3 is 0 Å². The van der Waals surface area contributed by atoms with Crippen LogP contribution in [-0.2, 0) is 9.59 Å². The van der Waals surface area contributed by atoms with Gasteiger partial charge in [0.1, 0.15) is 0 Å². The minimum atomic E-state index is -0.328. The zero-order valence-electron chi connectivity index (χ0n) is 14.0. The lowest BCUT2D eigenvalue weighted by atomic mass is 10.1. The molecule has 0 radical (unpaired) electrons. The first-order chi connectivity index (χ1) is 12.2. The molecule has 2 aromatic carbocycles. The number of amides is 2. The Hall–Kier alpha value is -2.66. The molecule has 0 aromatic heterocycles. The summed E-state index contributed by atoms with van der Waals surface area (Å²) in [6.07, 6.45) is 0.277. The van der Waals surface area contributed by atoms with Crippen LogP contribution in [-0.4, -0.2) is 48.9 Å². The normalized spacial score (nSPS) is 21.8. The summed E-state index contributed by atoms with van der Waals surface area (Å²) in [5, 5.41) is 0. The number of hydrogen-bond acceptors (Lipinski definition) is 4. The van der Waals surface area contributed by atoms with Gasteiger partial charge in [-0.2, -0.15) is 0 Å². The molecule has 0 saturated carbocycles. The standard InChI is InChI=1S/C20H21N3O2/c24-19-15-18(20(25)23(19)17-9-5-2-6-10-17)22-13-11-21(12-14-22)16-7-3-1-4-8-16/h1-10,18H,11-15H2/t18-/m1/s1. The summed E-state index contributed by atoms with van der Waals surface area (Å²) in [6, 6.07) is 19.2. The Kier molecular flexibility index (Phi) is 4.24. The van der Waals surface area contributed by atoms with Crippen LogP contribution in [0.25, 0.3) is 0 Å². The Labute approximate surface area is 147 Å². The molecule has 2 fully saturated rings. The van der Waals surface area contributed by atoms with Crippen molar-refractivity contribution < 1.29 is 9.59 Å². The molecule has 25 heavy (non-hydrogen) atoms. The average molecular weight is 335 g/mol. The maximum Gasteiger partial charge on any atom is 0.251 e. The Bertz CT molecular complexity index is 755. The van der Waals surface area contributed by atoms with Gasteiger partial charge in [0.2, 0.25) is 5.91 Å². The molecular weight excluding hydrogens is 314 g/mol. The van der Waals surface area contributed by atoms with E-state index < -0.39 is 0 Å². The number of benzene rings is 2. The predicted octanol–water partition coefficient (Wildman–Crippen LogP) is 2.14. The van der Waals surface area contributed by atoms with Crippen LogP contribution in [0.5, 0.6) is 0 Å². The van der Waals surface area contributed by atoms with E-state index in [0.717, 1.165) is 26.2 Å². The van der Waals surface area contributed by atoms with Gasteiger partial charge in [-0.1, -0.05) is 36.4 Å². The first-order valence-electron chi connectivity index (χ1n) is 8.70. The molecule has 2 aliphatic heterocycles. The van der Waals surface area contributed by atoms with E-state index in [-0.39, 0.29) is 24.3 Å². The fourth-order valence-corrected chi connectivity index (χ4v) is 3.68. The van der Waals surface area contributed by atoms with Crippen molar-refractivity contribution in [3.05, 3.63) is 60.7 Å². The maximum absolute atomic E-state index is 12.8. The van der Waals surface area contributed by atoms with Gasteiger partial charge < -0.3 is 4.90 Å². The van der Waals surface area contributed by atoms with Gasteiger partial charge in [-0.25, -0.2) is 4.90 Å². The molecule has 2 aromatic rings. The zero-order valence-corrected chi connectivity index (χ0v) is 14.0. The molecule has 4 rings (SSSR count). The van der Waals surface area contributed by atoms with E-state index in [4.69, 9.17) is 0 Å². The lowest BCUT2D eigenvalue weighted by Crippen LogP contribution is -2.52. The zero-order chi connectivity index (χ0) is 17.2. The Morgan fingerprint density at radius 3 is 1.88 bits per heavy atom. The van der Waals surface area contributed by atoms with Crippen LogP contribution < -0.4 is 9.80 Å². The molecule has 2 saturated heterocycles. The fourth-order valence-electron chi connectivity index (χ4n) is 3.68.